The van der Waals surface area contributed by atoms with Gasteiger partial charge >= 0.3 is 0 Å². The van der Waals surface area contributed by atoms with Crippen LogP contribution in [0.1, 0.15) is 33.1 Å². The summed E-state index contributed by atoms with van der Waals surface area (Å²) >= 11 is 0. The normalized spacial score (nSPS) is 20.5. The van der Waals surface area contributed by atoms with Crippen molar-refractivity contribution < 1.29 is 13.2 Å². The highest BCUT2D eigenvalue weighted by Crippen LogP contribution is 2.23. The summed E-state index contributed by atoms with van der Waals surface area (Å²) in [6.45, 7) is 5.62. The molecule has 1 fully saturated rings. The van der Waals surface area contributed by atoms with Crippen LogP contribution in [0.4, 0.5) is 0 Å². The van der Waals surface area contributed by atoms with Gasteiger partial charge in [-0.15, -0.1) is 0 Å². The van der Waals surface area contributed by atoms with Crippen LogP contribution < -0.4 is 0 Å². The van der Waals surface area contributed by atoms with E-state index < -0.39 is 10.0 Å². The first kappa shape index (κ1) is 13.9. The largest absolute Gasteiger partial charge is 0.385 e. The molecule has 1 aliphatic rings. The SMILES string of the molecule is COCCC1CCN(S(=O)(=O)C(C)C)CC1. The Labute approximate surface area is 99.0 Å². The average Bonchev–Trinajstić information content (AvgIpc) is 2.26. The zero-order valence-corrected chi connectivity index (χ0v) is 11.3. The topological polar surface area (TPSA) is 46.6 Å². The molecule has 0 N–H and O–H groups in total. The van der Waals surface area contributed by atoms with E-state index in [4.69, 9.17) is 4.74 Å². The van der Waals surface area contributed by atoms with E-state index in [1.54, 1.807) is 25.3 Å². The van der Waals surface area contributed by atoms with Crippen LogP contribution in [-0.2, 0) is 14.8 Å². The summed E-state index contributed by atoms with van der Waals surface area (Å²) in [5.41, 5.74) is 0. The van der Waals surface area contributed by atoms with Crippen molar-refractivity contribution in [3.8, 4) is 0 Å². The molecule has 0 amide bonds. The molecule has 0 aromatic carbocycles. The molecule has 16 heavy (non-hydrogen) atoms. The number of nitrogens with zero attached hydrogens (tertiary/aromatic N) is 1. The number of ether oxygens (including phenoxy) is 1. The first-order chi connectivity index (χ1) is 7.48. The summed E-state index contributed by atoms with van der Waals surface area (Å²) in [5, 5.41) is -0.303. The van der Waals surface area contributed by atoms with E-state index in [0.29, 0.717) is 19.0 Å². The minimum absolute atomic E-state index is 0.303. The van der Waals surface area contributed by atoms with Gasteiger partial charge in [0.05, 0.1) is 5.25 Å². The van der Waals surface area contributed by atoms with Crippen LogP contribution in [0.25, 0.3) is 0 Å². The highest BCUT2D eigenvalue weighted by atomic mass is 32.2. The lowest BCUT2D eigenvalue weighted by molar-refractivity contribution is 0.158. The molecule has 0 radical (unpaired) electrons. The minimum atomic E-state index is -3.04. The van der Waals surface area contributed by atoms with Gasteiger partial charge in [-0.2, -0.15) is 0 Å². The molecular formula is C11H23NO3S. The molecule has 1 heterocycles. The Bertz CT molecular complexity index is 292. The first-order valence-corrected chi connectivity index (χ1v) is 7.46. The smallest absolute Gasteiger partial charge is 0.216 e. The number of sulfonamides is 1. The molecule has 0 spiro atoms. The van der Waals surface area contributed by atoms with E-state index in [2.05, 4.69) is 0 Å². The molecule has 5 heteroatoms. The van der Waals surface area contributed by atoms with Gasteiger partial charge in [0, 0.05) is 26.8 Å². The van der Waals surface area contributed by atoms with Gasteiger partial charge in [0.15, 0.2) is 0 Å². The van der Waals surface area contributed by atoms with E-state index in [9.17, 15) is 8.42 Å². The summed E-state index contributed by atoms with van der Waals surface area (Å²) < 4.78 is 30.5. The standard InChI is InChI=1S/C11H23NO3S/c1-10(2)16(13,14)12-7-4-11(5-8-12)6-9-15-3/h10-11H,4-9H2,1-3H3. The molecule has 0 atom stereocenters. The van der Waals surface area contributed by atoms with Crippen molar-refractivity contribution >= 4 is 10.0 Å². The van der Waals surface area contributed by atoms with E-state index in [0.717, 1.165) is 25.9 Å². The average molecular weight is 249 g/mol. The number of hydrogen-bond acceptors (Lipinski definition) is 3. The predicted molar refractivity (Wildman–Crippen MR) is 64.8 cm³/mol. The fraction of sp³-hybridized carbons (Fsp3) is 1.00. The minimum Gasteiger partial charge on any atom is -0.385 e. The van der Waals surface area contributed by atoms with Crippen molar-refractivity contribution in [2.24, 2.45) is 5.92 Å². The third kappa shape index (κ3) is 3.43. The lowest BCUT2D eigenvalue weighted by Crippen LogP contribution is -2.42. The van der Waals surface area contributed by atoms with Crippen LogP contribution in [0.3, 0.4) is 0 Å². The lowest BCUT2D eigenvalue weighted by atomic mass is 9.95. The van der Waals surface area contributed by atoms with E-state index in [1.165, 1.54) is 0 Å². The second kappa shape index (κ2) is 5.98. The van der Waals surface area contributed by atoms with Crippen molar-refractivity contribution in [1.29, 1.82) is 0 Å². The maximum atomic E-state index is 11.9. The van der Waals surface area contributed by atoms with Crippen LogP contribution in [0.2, 0.25) is 0 Å². The molecule has 0 saturated carbocycles. The van der Waals surface area contributed by atoms with Gasteiger partial charge in [0.25, 0.3) is 0 Å². The Balaban J connectivity index is 2.43. The highest BCUT2D eigenvalue weighted by molar-refractivity contribution is 7.89. The molecule has 1 rings (SSSR count). The summed E-state index contributed by atoms with van der Waals surface area (Å²) in [6.07, 6.45) is 2.98. The van der Waals surface area contributed by atoms with Gasteiger partial charge in [-0.05, 0) is 39.0 Å². The van der Waals surface area contributed by atoms with Gasteiger partial charge in [-0.1, -0.05) is 0 Å². The second-order valence-corrected chi connectivity index (χ2v) is 7.21. The molecule has 0 aliphatic carbocycles. The molecule has 0 aromatic heterocycles. The number of hydrogen-bond donors (Lipinski definition) is 0. The van der Waals surface area contributed by atoms with Gasteiger partial charge in [-0.25, -0.2) is 12.7 Å². The van der Waals surface area contributed by atoms with Crippen LogP contribution in [0.5, 0.6) is 0 Å². The van der Waals surface area contributed by atoms with Crippen molar-refractivity contribution in [3.05, 3.63) is 0 Å². The van der Waals surface area contributed by atoms with Gasteiger partial charge in [-0.3, -0.25) is 0 Å². The Hall–Kier alpha value is -0.130. The maximum Gasteiger partial charge on any atom is 0.216 e. The van der Waals surface area contributed by atoms with Gasteiger partial charge in [0.2, 0.25) is 10.0 Å². The fourth-order valence-corrected chi connectivity index (χ4v) is 3.35. The number of rotatable bonds is 5. The molecular weight excluding hydrogens is 226 g/mol. The Morgan fingerprint density at radius 1 is 1.31 bits per heavy atom. The summed E-state index contributed by atoms with van der Waals surface area (Å²) in [4.78, 5) is 0. The van der Waals surface area contributed by atoms with E-state index in [-0.39, 0.29) is 5.25 Å². The molecule has 4 nitrogen and oxygen atoms in total. The van der Waals surface area contributed by atoms with Crippen LogP contribution >= 0.6 is 0 Å². The van der Waals surface area contributed by atoms with Crippen molar-refractivity contribution in [1.82, 2.24) is 4.31 Å². The Kier molecular flexibility index (Phi) is 5.21. The molecule has 0 bridgehead atoms. The van der Waals surface area contributed by atoms with Crippen molar-refractivity contribution in [2.75, 3.05) is 26.8 Å². The van der Waals surface area contributed by atoms with Crippen LogP contribution in [0, 0.1) is 5.92 Å². The molecule has 0 aromatic rings. The van der Waals surface area contributed by atoms with Crippen molar-refractivity contribution in [3.63, 3.8) is 0 Å². The summed E-state index contributed by atoms with van der Waals surface area (Å²) in [7, 11) is -1.34. The zero-order valence-electron chi connectivity index (χ0n) is 10.5. The van der Waals surface area contributed by atoms with E-state index in [1.807, 2.05) is 0 Å². The highest BCUT2D eigenvalue weighted by Gasteiger charge is 2.29. The molecule has 96 valence electrons. The molecule has 1 saturated heterocycles. The third-order valence-electron chi connectivity index (χ3n) is 3.26. The second-order valence-electron chi connectivity index (χ2n) is 4.72. The zero-order chi connectivity index (χ0) is 12.2. The Morgan fingerprint density at radius 2 is 1.88 bits per heavy atom. The van der Waals surface area contributed by atoms with Gasteiger partial charge < -0.3 is 4.74 Å². The van der Waals surface area contributed by atoms with Gasteiger partial charge in [0.1, 0.15) is 0 Å². The fourth-order valence-electron chi connectivity index (χ4n) is 2.04. The summed E-state index contributed by atoms with van der Waals surface area (Å²) in [6, 6.07) is 0. The van der Waals surface area contributed by atoms with Crippen LogP contribution in [0.15, 0.2) is 0 Å². The quantitative estimate of drug-likeness (QED) is 0.741. The first-order valence-electron chi connectivity index (χ1n) is 5.96. The van der Waals surface area contributed by atoms with E-state index >= 15 is 0 Å². The summed E-state index contributed by atoms with van der Waals surface area (Å²) in [5.74, 6) is 0.624. The maximum absolute atomic E-state index is 11.9. The third-order valence-corrected chi connectivity index (χ3v) is 5.54. The Morgan fingerprint density at radius 3 is 2.31 bits per heavy atom. The van der Waals surface area contributed by atoms with Crippen LogP contribution in [-0.4, -0.2) is 44.8 Å². The van der Waals surface area contributed by atoms with Crippen molar-refractivity contribution in [2.45, 2.75) is 38.4 Å². The molecule has 0 unspecified atom stereocenters. The number of piperidine rings is 1. The molecule has 1 aliphatic heterocycles. The monoisotopic (exact) mass is 249 g/mol. The predicted octanol–water partition coefficient (Wildman–Crippen LogP) is 1.47. The number of methoxy groups -OCH3 is 1. The lowest BCUT2D eigenvalue weighted by Gasteiger charge is -2.32.